The highest BCUT2D eigenvalue weighted by Crippen LogP contribution is 2.36. The van der Waals surface area contributed by atoms with E-state index in [9.17, 15) is 9.36 Å². The second-order valence-electron chi connectivity index (χ2n) is 6.45. The Morgan fingerprint density at radius 1 is 1.35 bits per heavy atom. The summed E-state index contributed by atoms with van der Waals surface area (Å²) in [5.41, 5.74) is 0.345. The molecule has 1 aromatic rings. The van der Waals surface area contributed by atoms with Gasteiger partial charge in [0.2, 0.25) is 0 Å². The van der Waals surface area contributed by atoms with E-state index in [0.29, 0.717) is 19.6 Å². The molecule has 0 atom stereocenters. The average Bonchev–Trinajstić information content (AvgIpc) is 2.68. The van der Waals surface area contributed by atoms with Crippen molar-refractivity contribution in [2.45, 2.75) is 39.5 Å². The monoisotopic (exact) mass is 299 g/mol. The first kappa shape index (κ1) is 15.1. The predicted octanol–water partition coefficient (Wildman–Crippen LogP) is 1.88. The van der Waals surface area contributed by atoms with Crippen molar-refractivity contribution in [1.82, 2.24) is 14.7 Å². The van der Waals surface area contributed by atoms with Gasteiger partial charge >= 0.3 is 6.09 Å². The fourth-order valence-electron chi connectivity index (χ4n) is 2.16. The Bertz CT molecular complexity index is 568. The van der Waals surface area contributed by atoms with E-state index in [1.807, 2.05) is 25.5 Å². The second-order valence-corrected chi connectivity index (χ2v) is 9.64. The van der Waals surface area contributed by atoms with E-state index in [4.69, 9.17) is 4.74 Å². The highest BCUT2D eigenvalue weighted by molar-refractivity contribution is 7.70. The van der Waals surface area contributed by atoms with E-state index in [2.05, 4.69) is 5.10 Å². The van der Waals surface area contributed by atoms with Crippen molar-refractivity contribution in [2.24, 2.45) is 0 Å². The minimum Gasteiger partial charge on any atom is -0.444 e. The third-order valence-corrected chi connectivity index (χ3v) is 4.61. The molecular formula is C13H22N3O3P. The molecule has 1 amide bonds. The third-order valence-electron chi connectivity index (χ3n) is 3.08. The lowest BCUT2D eigenvalue weighted by Crippen LogP contribution is -2.42. The van der Waals surface area contributed by atoms with Gasteiger partial charge in [0.15, 0.2) is 0 Å². The van der Waals surface area contributed by atoms with Crippen molar-refractivity contribution < 1.29 is 14.1 Å². The molecule has 20 heavy (non-hydrogen) atoms. The normalized spacial score (nSPS) is 15.9. The Hall–Kier alpha value is -1.29. The Morgan fingerprint density at radius 2 is 2.00 bits per heavy atom. The van der Waals surface area contributed by atoms with Crippen LogP contribution in [0.15, 0.2) is 6.20 Å². The Morgan fingerprint density at radius 3 is 2.55 bits per heavy atom. The summed E-state index contributed by atoms with van der Waals surface area (Å²) in [4.78, 5) is 13.8. The molecule has 0 unspecified atom stereocenters. The molecule has 0 bridgehead atoms. The number of rotatable bonds is 1. The number of amides is 1. The zero-order valence-electron chi connectivity index (χ0n) is 12.7. The SMILES string of the molecule is CC(C)(C)OC(=O)N1CCn2ncc(P(C)(C)=O)c2C1. The van der Waals surface area contributed by atoms with Crippen LogP contribution in [-0.4, -0.2) is 46.2 Å². The summed E-state index contributed by atoms with van der Waals surface area (Å²) in [5.74, 6) is 0. The quantitative estimate of drug-likeness (QED) is 0.743. The maximum atomic E-state index is 12.3. The molecule has 112 valence electrons. The molecule has 0 fully saturated rings. The molecule has 0 aromatic carbocycles. The molecule has 6 nitrogen and oxygen atoms in total. The van der Waals surface area contributed by atoms with Crippen LogP contribution < -0.4 is 5.30 Å². The first-order valence-corrected chi connectivity index (χ1v) is 9.26. The van der Waals surface area contributed by atoms with Crippen molar-refractivity contribution in [1.29, 1.82) is 0 Å². The van der Waals surface area contributed by atoms with Gasteiger partial charge in [-0.25, -0.2) is 4.79 Å². The summed E-state index contributed by atoms with van der Waals surface area (Å²) < 4.78 is 19.5. The van der Waals surface area contributed by atoms with Crippen LogP contribution in [0.25, 0.3) is 0 Å². The zero-order chi connectivity index (χ0) is 15.1. The van der Waals surface area contributed by atoms with Crippen LogP contribution in [-0.2, 0) is 22.4 Å². The van der Waals surface area contributed by atoms with Gasteiger partial charge in [0.25, 0.3) is 0 Å². The van der Waals surface area contributed by atoms with E-state index >= 15 is 0 Å². The summed E-state index contributed by atoms with van der Waals surface area (Å²) in [7, 11) is -2.39. The fraction of sp³-hybridized carbons (Fsp3) is 0.692. The molecule has 1 aromatic heterocycles. The van der Waals surface area contributed by atoms with E-state index in [0.717, 1.165) is 11.0 Å². The molecule has 2 heterocycles. The van der Waals surface area contributed by atoms with Gasteiger partial charge < -0.3 is 14.2 Å². The van der Waals surface area contributed by atoms with Gasteiger partial charge in [-0.2, -0.15) is 5.10 Å². The van der Waals surface area contributed by atoms with Crippen LogP contribution in [0.2, 0.25) is 0 Å². The molecule has 0 aliphatic carbocycles. The maximum absolute atomic E-state index is 12.3. The Balaban J connectivity index is 2.20. The van der Waals surface area contributed by atoms with E-state index in [-0.39, 0.29) is 6.09 Å². The van der Waals surface area contributed by atoms with Gasteiger partial charge in [-0.3, -0.25) is 4.68 Å². The highest BCUT2D eigenvalue weighted by atomic mass is 31.2. The smallest absolute Gasteiger partial charge is 0.410 e. The van der Waals surface area contributed by atoms with Gasteiger partial charge in [0.05, 0.1) is 30.3 Å². The summed E-state index contributed by atoms with van der Waals surface area (Å²) in [6.07, 6.45) is 1.33. The zero-order valence-corrected chi connectivity index (χ0v) is 13.6. The fourth-order valence-corrected chi connectivity index (χ4v) is 3.30. The van der Waals surface area contributed by atoms with Crippen LogP contribution in [0.3, 0.4) is 0 Å². The van der Waals surface area contributed by atoms with Gasteiger partial charge in [0.1, 0.15) is 12.7 Å². The van der Waals surface area contributed by atoms with E-state index in [1.165, 1.54) is 0 Å². The lowest BCUT2D eigenvalue weighted by atomic mass is 10.2. The van der Waals surface area contributed by atoms with Gasteiger partial charge in [0, 0.05) is 6.54 Å². The van der Waals surface area contributed by atoms with Crippen LogP contribution >= 0.6 is 7.14 Å². The molecule has 0 radical (unpaired) electrons. The molecule has 0 saturated carbocycles. The maximum Gasteiger partial charge on any atom is 0.410 e. The molecule has 1 aliphatic rings. The van der Waals surface area contributed by atoms with E-state index in [1.54, 1.807) is 24.4 Å². The number of carbonyl (C=O) groups is 1. The minimum absolute atomic E-state index is 0.335. The summed E-state index contributed by atoms with van der Waals surface area (Å²) >= 11 is 0. The largest absolute Gasteiger partial charge is 0.444 e. The highest BCUT2D eigenvalue weighted by Gasteiger charge is 2.30. The minimum atomic E-state index is -2.39. The summed E-state index contributed by atoms with van der Waals surface area (Å²) in [5, 5.41) is 5.01. The standard InChI is InChI=1S/C13H22N3O3P/c1-13(2,3)19-12(17)15-6-7-16-10(9-15)11(8-14-16)20(4,5)18/h8H,6-7,9H2,1-5H3. The van der Waals surface area contributed by atoms with Crippen molar-refractivity contribution in [2.75, 3.05) is 19.9 Å². The number of aromatic nitrogens is 2. The molecule has 0 spiro atoms. The first-order chi connectivity index (χ1) is 9.08. The Kier molecular flexibility index (Phi) is 3.71. The molecule has 0 N–H and O–H groups in total. The number of hydrogen-bond acceptors (Lipinski definition) is 4. The summed E-state index contributed by atoms with van der Waals surface area (Å²) in [6.45, 7) is 10.5. The van der Waals surface area contributed by atoms with Gasteiger partial charge in [-0.15, -0.1) is 0 Å². The van der Waals surface area contributed by atoms with Crippen molar-refractivity contribution in [3.8, 4) is 0 Å². The van der Waals surface area contributed by atoms with Crippen LogP contribution in [0.1, 0.15) is 26.5 Å². The van der Waals surface area contributed by atoms with Crippen LogP contribution in [0.4, 0.5) is 4.79 Å². The van der Waals surface area contributed by atoms with Crippen LogP contribution in [0.5, 0.6) is 0 Å². The van der Waals surface area contributed by atoms with E-state index < -0.39 is 12.7 Å². The van der Waals surface area contributed by atoms with Crippen molar-refractivity contribution in [3.63, 3.8) is 0 Å². The van der Waals surface area contributed by atoms with Crippen LogP contribution in [0, 0.1) is 0 Å². The predicted molar refractivity (Wildman–Crippen MR) is 78.0 cm³/mol. The number of fused-ring (bicyclic) bond motifs is 1. The average molecular weight is 299 g/mol. The third kappa shape index (κ3) is 3.23. The van der Waals surface area contributed by atoms with Crippen molar-refractivity contribution in [3.05, 3.63) is 11.9 Å². The molecule has 2 rings (SSSR count). The van der Waals surface area contributed by atoms with Gasteiger partial charge in [-0.1, -0.05) is 0 Å². The molecule has 0 saturated heterocycles. The molecule has 7 heteroatoms. The number of nitrogens with zero attached hydrogens (tertiary/aromatic N) is 3. The summed E-state index contributed by atoms with van der Waals surface area (Å²) in [6, 6.07) is 0. The topological polar surface area (TPSA) is 64.4 Å². The molecular weight excluding hydrogens is 277 g/mol. The number of ether oxygens (including phenoxy) is 1. The number of carbonyl (C=O) groups excluding carboxylic acids is 1. The number of hydrogen-bond donors (Lipinski definition) is 0. The molecule has 1 aliphatic heterocycles. The Labute approximate surface area is 119 Å². The van der Waals surface area contributed by atoms with Crippen molar-refractivity contribution >= 4 is 18.5 Å². The lowest BCUT2D eigenvalue weighted by Gasteiger charge is -2.31. The lowest BCUT2D eigenvalue weighted by molar-refractivity contribution is 0.0195. The van der Waals surface area contributed by atoms with Gasteiger partial charge in [-0.05, 0) is 34.1 Å². The second kappa shape index (κ2) is 4.92. The first-order valence-electron chi connectivity index (χ1n) is 6.66.